The minimum atomic E-state index is -0.182. The van der Waals surface area contributed by atoms with E-state index < -0.39 is 0 Å². The first-order valence-electron chi connectivity index (χ1n) is 6.20. The zero-order chi connectivity index (χ0) is 14.2. The van der Waals surface area contributed by atoms with Crippen LogP contribution in [0.5, 0.6) is 11.5 Å². The summed E-state index contributed by atoms with van der Waals surface area (Å²) in [6.07, 6.45) is 0. The zero-order valence-corrected chi connectivity index (χ0v) is 12.0. The van der Waals surface area contributed by atoms with E-state index in [2.05, 4.69) is 19.2 Å². The summed E-state index contributed by atoms with van der Waals surface area (Å²) in [5, 5.41) is 3.42. The van der Waals surface area contributed by atoms with Gasteiger partial charge in [0.2, 0.25) is 5.91 Å². The van der Waals surface area contributed by atoms with Crippen LogP contribution in [0.3, 0.4) is 0 Å². The Hall–Kier alpha value is -1.91. The number of nitrogens with zero attached hydrogens (tertiary/aromatic N) is 1. The topological polar surface area (TPSA) is 50.8 Å². The molecule has 1 heterocycles. The highest BCUT2D eigenvalue weighted by Gasteiger charge is 2.32. The standard InChI is InChI=1S/C14H20N2O3/c1-9(17)16-8-14(2,3)15-10-6-12(18-4)13(19-5)7-11(10)16/h6-7,15H,8H2,1-5H3. The number of carbonyl (C=O) groups is 1. The fraction of sp³-hybridized carbons (Fsp3) is 0.500. The molecule has 0 fully saturated rings. The predicted octanol–water partition coefficient (Wildman–Crippen LogP) is 2.26. The van der Waals surface area contributed by atoms with Crippen LogP contribution in [0.4, 0.5) is 11.4 Å². The number of nitrogens with one attached hydrogen (secondary N) is 1. The third-order valence-corrected chi connectivity index (χ3v) is 3.20. The molecule has 0 radical (unpaired) electrons. The van der Waals surface area contributed by atoms with Gasteiger partial charge in [-0.2, -0.15) is 0 Å². The van der Waals surface area contributed by atoms with Crippen molar-refractivity contribution >= 4 is 17.3 Å². The van der Waals surface area contributed by atoms with Gasteiger partial charge in [-0.3, -0.25) is 4.79 Å². The average molecular weight is 264 g/mol. The molecule has 0 atom stereocenters. The number of methoxy groups -OCH3 is 2. The molecule has 104 valence electrons. The number of carbonyl (C=O) groups excluding carboxylic acids is 1. The van der Waals surface area contributed by atoms with Gasteiger partial charge in [0.1, 0.15) is 0 Å². The molecule has 19 heavy (non-hydrogen) atoms. The lowest BCUT2D eigenvalue weighted by atomic mass is 9.99. The number of fused-ring (bicyclic) bond motifs is 1. The summed E-state index contributed by atoms with van der Waals surface area (Å²) in [6, 6.07) is 3.70. The van der Waals surface area contributed by atoms with Crippen molar-refractivity contribution in [2.75, 3.05) is 31.0 Å². The van der Waals surface area contributed by atoms with E-state index in [4.69, 9.17) is 9.47 Å². The molecular weight excluding hydrogens is 244 g/mol. The number of amides is 1. The van der Waals surface area contributed by atoms with Crippen LogP contribution in [0.1, 0.15) is 20.8 Å². The maximum atomic E-state index is 11.8. The van der Waals surface area contributed by atoms with E-state index in [1.807, 2.05) is 12.1 Å². The lowest BCUT2D eigenvalue weighted by Crippen LogP contribution is -2.50. The lowest BCUT2D eigenvalue weighted by molar-refractivity contribution is -0.116. The molecule has 5 nitrogen and oxygen atoms in total. The van der Waals surface area contributed by atoms with Crippen molar-refractivity contribution in [3.8, 4) is 11.5 Å². The maximum Gasteiger partial charge on any atom is 0.224 e. The number of ether oxygens (including phenoxy) is 2. The number of rotatable bonds is 2. The maximum absolute atomic E-state index is 11.8. The molecule has 0 bridgehead atoms. The van der Waals surface area contributed by atoms with Crippen molar-refractivity contribution in [2.24, 2.45) is 0 Å². The van der Waals surface area contributed by atoms with Gasteiger partial charge < -0.3 is 19.7 Å². The molecule has 0 saturated heterocycles. The summed E-state index contributed by atoms with van der Waals surface area (Å²) in [4.78, 5) is 13.6. The molecular formula is C14H20N2O3. The SMILES string of the molecule is COc1cc2c(cc1OC)N(C(C)=O)CC(C)(C)N2. The molecule has 0 saturated carbocycles. The summed E-state index contributed by atoms with van der Waals surface area (Å²) in [5.74, 6) is 1.28. The second-order valence-corrected chi connectivity index (χ2v) is 5.34. The van der Waals surface area contributed by atoms with Crippen LogP contribution in [-0.2, 0) is 4.79 Å². The number of hydrogen-bond acceptors (Lipinski definition) is 4. The van der Waals surface area contributed by atoms with Crippen molar-refractivity contribution in [1.29, 1.82) is 0 Å². The van der Waals surface area contributed by atoms with E-state index >= 15 is 0 Å². The van der Waals surface area contributed by atoms with Crippen LogP contribution in [0.2, 0.25) is 0 Å². The van der Waals surface area contributed by atoms with Gasteiger partial charge >= 0.3 is 0 Å². The van der Waals surface area contributed by atoms with E-state index in [1.165, 1.54) is 0 Å². The molecule has 1 N–H and O–H groups in total. The van der Waals surface area contributed by atoms with Gasteiger partial charge in [0, 0.05) is 31.1 Å². The van der Waals surface area contributed by atoms with Crippen molar-refractivity contribution in [1.82, 2.24) is 0 Å². The Bertz CT molecular complexity index is 512. The third kappa shape index (κ3) is 2.45. The van der Waals surface area contributed by atoms with Crippen molar-refractivity contribution in [3.05, 3.63) is 12.1 Å². The monoisotopic (exact) mass is 264 g/mol. The lowest BCUT2D eigenvalue weighted by Gasteiger charge is -2.40. The van der Waals surface area contributed by atoms with E-state index in [1.54, 1.807) is 26.0 Å². The highest BCUT2D eigenvalue weighted by atomic mass is 16.5. The normalized spacial score (nSPS) is 16.4. The fourth-order valence-electron chi connectivity index (χ4n) is 2.36. The Morgan fingerprint density at radius 3 is 2.37 bits per heavy atom. The molecule has 0 aliphatic carbocycles. The van der Waals surface area contributed by atoms with E-state index in [0.29, 0.717) is 18.0 Å². The van der Waals surface area contributed by atoms with Crippen LogP contribution in [0.15, 0.2) is 12.1 Å². The van der Waals surface area contributed by atoms with Gasteiger partial charge in [0.25, 0.3) is 0 Å². The van der Waals surface area contributed by atoms with Crippen molar-refractivity contribution in [2.45, 2.75) is 26.3 Å². The van der Waals surface area contributed by atoms with E-state index in [-0.39, 0.29) is 11.4 Å². The van der Waals surface area contributed by atoms with Gasteiger partial charge in [-0.25, -0.2) is 0 Å². The molecule has 1 aromatic carbocycles. The second kappa shape index (κ2) is 4.64. The first-order valence-corrected chi connectivity index (χ1v) is 6.20. The number of anilines is 2. The number of hydrogen-bond donors (Lipinski definition) is 1. The minimum absolute atomic E-state index is 0.0167. The predicted molar refractivity (Wildman–Crippen MR) is 75.3 cm³/mol. The summed E-state index contributed by atoms with van der Waals surface area (Å²) < 4.78 is 10.6. The Kier molecular flexibility index (Phi) is 3.30. The van der Waals surface area contributed by atoms with Gasteiger partial charge in [0.05, 0.1) is 25.6 Å². The third-order valence-electron chi connectivity index (χ3n) is 3.20. The Labute approximate surface area is 113 Å². The summed E-state index contributed by atoms with van der Waals surface area (Å²) in [6.45, 7) is 6.30. The quantitative estimate of drug-likeness (QED) is 0.890. The highest BCUT2D eigenvalue weighted by molar-refractivity contribution is 5.97. The molecule has 0 spiro atoms. The van der Waals surface area contributed by atoms with Crippen molar-refractivity contribution in [3.63, 3.8) is 0 Å². The van der Waals surface area contributed by atoms with Crippen LogP contribution >= 0.6 is 0 Å². The van der Waals surface area contributed by atoms with Crippen LogP contribution < -0.4 is 19.7 Å². The smallest absolute Gasteiger partial charge is 0.224 e. The summed E-state index contributed by atoms with van der Waals surface area (Å²) in [5.41, 5.74) is 1.52. The van der Waals surface area contributed by atoms with Crippen LogP contribution in [-0.4, -0.2) is 32.2 Å². The molecule has 2 rings (SSSR count). The Morgan fingerprint density at radius 1 is 1.26 bits per heavy atom. The molecule has 5 heteroatoms. The summed E-state index contributed by atoms with van der Waals surface area (Å²) in [7, 11) is 3.18. The largest absolute Gasteiger partial charge is 0.493 e. The molecule has 1 aliphatic rings. The molecule has 0 unspecified atom stereocenters. The number of benzene rings is 1. The first kappa shape index (κ1) is 13.5. The van der Waals surface area contributed by atoms with Gasteiger partial charge in [-0.1, -0.05) is 0 Å². The van der Waals surface area contributed by atoms with Crippen LogP contribution in [0, 0.1) is 0 Å². The summed E-state index contributed by atoms with van der Waals surface area (Å²) >= 11 is 0. The first-order chi connectivity index (χ1) is 8.88. The average Bonchev–Trinajstić information content (AvgIpc) is 2.35. The zero-order valence-electron chi connectivity index (χ0n) is 12.0. The van der Waals surface area contributed by atoms with Crippen LogP contribution in [0.25, 0.3) is 0 Å². The minimum Gasteiger partial charge on any atom is -0.493 e. The van der Waals surface area contributed by atoms with E-state index in [9.17, 15) is 4.79 Å². The van der Waals surface area contributed by atoms with Crippen molar-refractivity contribution < 1.29 is 14.3 Å². The Balaban J connectivity index is 2.57. The molecule has 1 amide bonds. The van der Waals surface area contributed by atoms with Gasteiger partial charge in [0.15, 0.2) is 11.5 Å². The Morgan fingerprint density at radius 2 is 1.84 bits per heavy atom. The van der Waals surface area contributed by atoms with Gasteiger partial charge in [-0.05, 0) is 13.8 Å². The van der Waals surface area contributed by atoms with Gasteiger partial charge in [-0.15, -0.1) is 0 Å². The molecule has 1 aromatic rings. The molecule has 0 aromatic heterocycles. The second-order valence-electron chi connectivity index (χ2n) is 5.34. The van der Waals surface area contributed by atoms with E-state index in [0.717, 1.165) is 11.4 Å². The fourth-order valence-corrected chi connectivity index (χ4v) is 2.36. The molecule has 1 aliphatic heterocycles. The highest BCUT2D eigenvalue weighted by Crippen LogP contribution is 2.42.